The first-order chi connectivity index (χ1) is 18.4. The fraction of sp³-hybridized carbons (Fsp3) is 0. The van der Waals surface area contributed by atoms with Crippen LogP contribution in [0.5, 0.6) is 0 Å². The van der Waals surface area contributed by atoms with Crippen LogP contribution in [0.15, 0.2) is 139 Å². The first kappa shape index (κ1) is 27.1. The van der Waals surface area contributed by atoms with E-state index in [1.807, 2.05) is 0 Å². The van der Waals surface area contributed by atoms with E-state index in [1.54, 1.807) is 0 Å². The summed E-state index contributed by atoms with van der Waals surface area (Å²) in [5, 5.41) is 0. The smallest absolute Gasteiger partial charge is 0.0175 e. The van der Waals surface area contributed by atoms with E-state index >= 15 is 0 Å². The molecule has 0 aromatic heterocycles. The average molecular weight is 750 g/mol. The van der Waals surface area contributed by atoms with E-state index in [1.165, 1.54) is 33.4 Å². The van der Waals surface area contributed by atoms with Gasteiger partial charge < -0.3 is 0 Å². The third-order valence-corrected chi connectivity index (χ3v) is 8.29. The van der Waals surface area contributed by atoms with E-state index in [0.717, 1.165) is 29.0 Å². The SMILES string of the molecule is Brc1ccc(C(=Cc2ccc(C=C(c3ccc(Br)cc3)c3ccc(Br)cc3)cc2)c2ccc(Br)cc2)cc1. The van der Waals surface area contributed by atoms with Crippen LogP contribution in [0.4, 0.5) is 0 Å². The van der Waals surface area contributed by atoms with Crippen molar-refractivity contribution in [2.45, 2.75) is 0 Å². The molecule has 0 heterocycles. The lowest BCUT2D eigenvalue weighted by Crippen LogP contribution is -1.90. The highest BCUT2D eigenvalue weighted by atomic mass is 79.9. The number of halogens is 4. The zero-order valence-corrected chi connectivity index (χ0v) is 26.6. The molecule has 5 rings (SSSR count). The van der Waals surface area contributed by atoms with Gasteiger partial charge in [-0.05, 0) is 105 Å². The molecule has 0 unspecified atom stereocenters. The van der Waals surface area contributed by atoms with Gasteiger partial charge in [-0.1, -0.05) is 137 Å². The monoisotopic (exact) mass is 746 g/mol. The second kappa shape index (κ2) is 12.6. The largest absolute Gasteiger partial charge is 0.0544 e. The van der Waals surface area contributed by atoms with Gasteiger partial charge in [-0.3, -0.25) is 0 Å². The van der Waals surface area contributed by atoms with E-state index in [9.17, 15) is 0 Å². The Morgan fingerprint density at radius 1 is 0.316 bits per heavy atom. The molecular weight excluding hydrogens is 728 g/mol. The third-order valence-electron chi connectivity index (χ3n) is 6.18. The van der Waals surface area contributed by atoms with Gasteiger partial charge in [0.2, 0.25) is 0 Å². The van der Waals surface area contributed by atoms with Crippen molar-refractivity contribution in [3.8, 4) is 0 Å². The van der Waals surface area contributed by atoms with E-state index in [-0.39, 0.29) is 0 Å². The molecule has 38 heavy (non-hydrogen) atoms. The molecule has 0 N–H and O–H groups in total. The van der Waals surface area contributed by atoms with Gasteiger partial charge in [0.25, 0.3) is 0 Å². The van der Waals surface area contributed by atoms with Crippen LogP contribution in [0, 0.1) is 0 Å². The third kappa shape index (κ3) is 6.92. The molecule has 0 aliphatic heterocycles. The first-order valence-electron chi connectivity index (χ1n) is 12.0. The summed E-state index contributed by atoms with van der Waals surface area (Å²) in [7, 11) is 0. The molecule has 0 aliphatic carbocycles. The van der Waals surface area contributed by atoms with Gasteiger partial charge in [0.1, 0.15) is 0 Å². The summed E-state index contributed by atoms with van der Waals surface area (Å²) in [5.74, 6) is 0. The summed E-state index contributed by atoms with van der Waals surface area (Å²) in [5.41, 5.74) is 9.35. The Hall–Kier alpha value is -2.50. The fourth-order valence-electron chi connectivity index (χ4n) is 4.21. The number of hydrogen-bond acceptors (Lipinski definition) is 0. The van der Waals surface area contributed by atoms with Crippen LogP contribution in [0.25, 0.3) is 23.3 Å². The molecule has 0 spiro atoms. The molecule has 0 nitrogen and oxygen atoms in total. The van der Waals surface area contributed by atoms with Crippen LogP contribution in [-0.2, 0) is 0 Å². The van der Waals surface area contributed by atoms with Crippen LogP contribution in [0.2, 0.25) is 0 Å². The highest BCUT2D eigenvalue weighted by molar-refractivity contribution is 9.11. The maximum absolute atomic E-state index is 3.56. The Morgan fingerprint density at radius 3 is 0.737 bits per heavy atom. The van der Waals surface area contributed by atoms with E-state index in [0.29, 0.717) is 0 Å². The summed E-state index contributed by atoms with van der Waals surface area (Å²) in [4.78, 5) is 0. The molecule has 5 aromatic rings. The number of benzene rings is 5. The topological polar surface area (TPSA) is 0 Å². The molecule has 186 valence electrons. The van der Waals surface area contributed by atoms with Gasteiger partial charge in [0.15, 0.2) is 0 Å². The summed E-state index contributed by atoms with van der Waals surface area (Å²) in [6.07, 6.45) is 4.51. The Labute approximate surface area is 257 Å². The summed E-state index contributed by atoms with van der Waals surface area (Å²) in [6.45, 7) is 0. The molecule has 4 heteroatoms. The predicted molar refractivity (Wildman–Crippen MR) is 177 cm³/mol. The Balaban J connectivity index is 1.53. The van der Waals surface area contributed by atoms with Crippen molar-refractivity contribution in [3.63, 3.8) is 0 Å². The van der Waals surface area contributed by atoms with E-state index in [4.69, 9.17) is 0 Å². The Bertz CT molecular complexity index is 1360. The fourth-order valence-corrected chi connectivity index (χ4v) is 5.26. The highest BCUT2D eigenvalue weighted by Gasteiger charge is 2.08. The van der Waals surface area contributed by atoms with Crippen LogP contribution in [-0.4, -0.2) is 0 Å². The molecule has 0 aliphatic rings. The molecule has 0 fully saturated rings. The first-order valence-corrected chi connectivity index (χ1v) is 15.2. The lowest BCUT2D eigenvalue weighted by molar-refractivity contribution is 1.52. The van der Waals surface area contributed by atoms with Crippen molar-refractivity contribution in [2.75, 3.05) is 0 Å². The normalized spacial score (nSPS) is 10.6. The average Bonchev–Trinajstić information content (AvgIpc) is 2.93. The number of rotatable bonds is 6. The second-order valence-corrected chi connectivity index (χ2v) is 12.5. The minimum Gasteiger partial charge on any atom is -0.0544 e. The molecule has 5 aromatic carbocycles. The summed E-state index contributed by atoms with van der Waals surface area (Å²) >= 11 is 14.2. The maximum atomic E-state index is 3.56. The van der Waals surface area contributed by atoms with Gasteiger partial charge in [0, 0.05) is 17.9 Å². The van der Waals surface area contributed by atoms with Crippen LogP contribution >= 0.6 is 63.7 Å². The Morgan fingerprint density at radius 2 is 0.526 bits per heavy atom. The molecule has 0 bridgehead atoms. The standard InChI is InChI=1S/C34H22Br4/c35-29-13-5-25(6-14-29)33(26-7-15-30(36)16-8-26)21-23-1-2-24(4-3-23)22-34(27-9-17-31(37)18-10-27)28-11-19-32(38)20-12-28/h1-22H. The van der Waals surface area contributed by atoms with Crippen molar-refractivity contribution in [1.29, 1.82) is 0 Å². The zero-order valence-electron chi connectivity index (χ0n) is 20.2. The lowest BCUT2D eigenvalue weighted by Gasteiger charge is -2.11. The van der Waals surface area contributed by atoms with E-state index in [2.05, 4.69) is 197 Å². The predicted octanol–water partition coefficient (Wildman–Crippen LogP) is 11.9. The van der Waals surface area contributed by atoms with Crippen molar-refractivity contribution >= 4 is 87.0 Å². The zero-order chi connectivity index (χ0) is 26.5. The molecular formula is C34H22Br4. The van der Waals surface area contributed by atoms with Gasteiger partial charge in [-0.2, -0.15) is 0 Å². The molecule has 0 saturated heterocycles. The van der Waals surface area contributed by atoms with Gasteiger partial charge >= 0.3 is 0 Å². The lowest BCUT2D eigenvalue weighted by atomic mass is 9.94. The highest BCUT2D eigenvalue weighted by Crippen LogP contribution is 2.31. The summed E-state index contributed by atoms with van der Waals surface area (Å²) in [6, 6.07) is 42.6. The van der Waals surface area contributed by atoms with Gasteiger partial charge in [-0.15, -0.1) is 0 Å². The second-order valence-electron chi connectivity index (χ2n) is 8.81. The van der Waals surface area contributed by atoms with Crippen molar-refractivity contribution in [3.05, 3.63) is 173 Å². The van der Waals surface area contributed by atoms with Crippen LogP contribution in [0.3, 0.4) is 0 Å². The minimum absolute atomic E-state index is 1.07. The minimum atomic E-state index is 1.07. The van der Waals surface area contributed by atoms with Crippen LogP contribution in [0.1, 0.15) is 33.4 Å². The number of hydrogen-bond donors (Lipinski definition) is 0. The van der Waals surface area contributed by atoms with E-state index < -0.39 is 0 Å². The quantitative estimate of drug-likeness (QED) is 0.152. The molecule has 0 amide bonds. The Kier molecular flexibility index (Phi) is 8.96. The van der Waals surface area contributed by atoms with Crippen molar-refractivity contribution in [2.24, 2.45) is 0 Å². The maximum Gasteiger partial charge on any atom is 0.0175 e. The van der Waals surface area contributed by atoms with Gasteiger partial charge in [0.05, 0.1) is 0 Å². The molecule has 0 atom stereocenters. The molecule has 0 saturated carbocycles. The summed E-state index contributed by atoms with van der Waals surface area (Å²) < 4.78 is 4.28. The van der Waals surface area contributed by atoms with Crippen LogP contribution < -0.4 is 0 Å². The van der Waals surface area contributed by atoms with Crippen molar-refractivity contribution < 1.29 is 0 Å². The molecule has 0 radical (unpaired) electrons. The van der Waals surface area contributed by atoms with Gasteiger partial charge in [-0.25, -0.2) is 0 Å². The van der Waals surface area contributed by atoms with Crippen molar-refractivity contribution in [1.82, 2.24) is 0 Å².